The van der Waals surface area contributed by atoms with Gasteiger partial charge < -0.3 is 18.8 Å². The van der Waals surface area contributed by atoms with Gasteiger partial charge in [0.25, 0.3) is 0 Å². The maximum absolute atomic E-state index is 12.3. The first-order chi connectivity index (χ1) is 10.6. The maximum Gasteiger partial charge on any atom is 0.349 e. The second kappa shape index (κ2) is 5.81. The van der Waals surface area contributed by atoms with Gasteiger partial charge in [-0.25, -0.2) is 4.79 Å². The monoisotopic (exact) mass is 303 g/mol. The Kier molecular flexibility index (Phi) is 3.85. The quantitative estimate of drug-likeness (QED) is 0.636. The molecule has 1 aliphatic heterocycles. The van der Waals surface area contributed by atoms with Gasteiger partial charge in [-0.2, -0.15) is 0 Å². The number of nitrogens with zero attached hydrogens (tertiary/aromatic N) is 1. The molecule has 1 aromatic heterocycles. The van der Waals surface area contributed by atoms with Crippen LogP contribution in [0.25, 0.3) is 11.0 Å². The number of Topliss-reactive ketones (excluding diaryl/α,β-unsaturated/α-hetero) is 1. The van der Waals surface area contributed by atoms with E-state index in [4.69, 9.17) is 13.9 Å². The van der Waals surface area contributed by atoms with Crippen LogP contribution in [0.4, 0.5) is 5.69 Å². The smallest absolute Gasteiger partial charge is 0.349 e. The number of ether oxygens (including phenoxy) is 2. The van der Waals surface area contributed by atoms with E-state index in [0.29, 0.717) is 43.3 Å². The molecule has 116 valence electrons. The van der Waals surface area contributed by atoms with Crippen molar-refractivity contribution in [1.82, 2.24) is 0 Å². The lowest BCUT2D eigenvalue weighted by atomic mass is 10.1. The average Bonchev–Trinajstić information content (AvgIpc) is 2.53. The highest BCUT2D eigenvalue weighted by molar-refractivity contribution is 6.06. The van der Waals surface area contributed by atoms with Crippen molar-refractivity contribution in [1.29, 1.82) is 0 Å². The Bertz CT molecular complexity index is 774. The Hall–Kier alpha value is -2.34. The molecule has 0 aliphatic carbocycles. The van der Waals surface area contributed by atoms with E-state index in [1.165, 1.54) is 6.92 Å². The molecule has 6 nitrogen and oxygen atoms in total. The first-order valence-corrected chi connectivity index (χ1v) is 7.10. The topological polar surface area (TPSA) is 69.0 Å². The number of rotatable bonds is 3. The maximum atomic E-state index is 12.3. The molecule has 2 aromatic rings. The van der Waals surface area contributed by atoms with Crippen LogP contribution in [0.2, 0.25) is 0 Å². The van der Waals surface area contributed by atoms with Gasteiger partial charge in [0.2, 0.25) is 0 Å². The molecular formula is C16H17NO5. The molecule has 0 bridgehead atoms. The summed E-state index contributed by atoms with van der Waals surface area (Å²) < 4.78 is 15.8. The number of carbonyl (C=O) groups excluding carboxylic acids is 1. The van der Waals surface area contributed by atoms with E-state index in [9.17, 15) is 9.59 Å². The third kappa shape index (κ3) is 2.46. The Morgan fingerprint density at radius 2 is 2.00 bits per heavy atom. The van der Waals surface area contributed by atoms with Gasteiger partial charge in [0, 0.05) is 24.5 Å². The van der Waals surface area contributed by atoms with Crippen LogP contribution in [0.5, 0.6) is 5.75 Å². The lowest BCUT2D eigenvalue weighted by Crippen LogP contribution is -2.38. The van der Waals surface area contributed by atoms with Crippen molar-refractivity contribution in [3.05, 3.63) is 34.2 Å². The number of carbonyl (C=O) groups is 1. The molecule has 1 saturated heterocycles. The van der Waals surface area contributed by atoms with Crippen molar-refractivity contribution < 1.29 is 18.7 Å². The summed E-state index contributed by atoms with van der Waals surface area (Å²) in [5, 5.41) is 0.729. The minimum atomic E-state index is -0.616. The number of methoxy groups -OCH3 is 1. The zero-order valence-corrected chi connectivity index (χ0v) is 12.5. The lowest BCUT2D eigenvalue weighted by Gasteiger charge is -2.30. The van der Waals surface area contributed by atoms with Gasteiger partial charge in [-0.15, -0.1) is 0 Å². The Morgan fingerprint density at radius 3 is 2.64 bits per heavy atom. The largest absolute Gasteiger partial charge is 0.497 e. The summed E-state index contributed by atoms with van der Waals surface area (Å²) in [6.45, 7) is 3.77. The predicted octanol–water partition coefficient (Wildman–Crippen LogP) is 1.84. The van der Waals surface area contributed by atoms with Crippen molar-refractivity contribution in [3.8, 4) is 5.75 Å². The molecular weight excluding hydrogens is 286 g/mol. The molecule has 0 atom stereocenters. The van der Waals surface area contributed by atoms with Crippen molar-refractivity contribution >= 4 is 22.4 Å². The van der Waals surface area contributed by atoms with Crippen LogP contribution in [0, 0.1) is 0 Å². The lowest BCUT2D eigenvalue weighted by molar-refractivity contribution is 0.101. The summed E-state index contributed by atoms with van der Waals surface area (Å²) in [6.07, 6.45) is 0. The standard InChI is InChI=1S/C16H17NO5/c1-10(18)14-15(17-5-7-21-8-6-17)12-4-3-11(20-2)9-13(12)22-16(14)19/h3-4,9H,5-8H2,1-2H3. The Balaban J connectivity index is 2.30. The van der Waals surface area contributed by atoms with E-state index in [0.717, 1.165) is 5.39 Å². The number of fused-ring (bicyclic) bond motifs is 1. The van der Waals surface area contributed by atoms with Gasteiger partial charge in [-0.3, -0.25) is 4.79 Å². The molecule has 22 heavy (non-hydrogen) atoms. The molecule has 0 spiro atoms. The highest BCUT2D eigenvalue weighted by Crippen LogP contribution is 2.32. The Labute approximate surface area is 127 Å². The summed E-state index contributed by atoms with van der Waals surface area (Å²) in [4.78, 5) is 26.2. The van der Waals surface area contributed by atoms with Crippen molar-refractivity contribution in [2.24, 2.45) is 0 Å². The zero-order valence-electron chi connectivity index (χ0n) is 12.5. The second-order valence-corrected chi connectivity index (χ2v) is 5.13. The van der Waals surface area contributed by atoms with Crippen LogP contribution >= 0.6 is 0 Å². The number of anilines is 1. The highest BCUT2D eigenvalue weighted by Gasteiger charge is 2.24. The normalized spacial score (nSPS) is 15.1. The van der Waals surface area contributed by atoms with Gasteiger partial charge in [-0.1, -0.05) is 0 Å². The van der Waals surface area contributed by atoms with Gasteiger partial charge in [0.15, 0.2) is 5.78 Å². The molecule has 3 rings (SSSR count). The van der Waals surface area contributed by atoms with Gasteiger partial charge in [0.05, 0.1) is 26.0 Å². The van der Waals surface area contributed by atoms with Gasteiger partial charge in [0.1, 0.15) is 16.9 Å². The van der Waals surface area contributed by atoms with E-state index in [2.05, 4.69) is 0 Å². The highest BCUT2D eigenvalue weighted by atomic mass is 16.5. The number of morpholine rings is 1. The minimum Gasteiger partial charge on any atom is -0.497 e. The Morgan fingerprint density at radius 1 is 1.27 bits per heavy atom. The molecule has 1 aliphatic rings. The molecule has 0 saturated carbocycles. The molecule has 0 amide bonds. The minimum absolute atomic E-state index is 0.0968. The summed E-state index contributed by atoms with van der Waals surface area (Å²) in [5.74, 6) is 0.298. The van der Waals surface area contributed by atoms with Crippen LogP contribution < -0.4 is 15.3 Å². The predicted molar refractivity (Wildman–Crippen MR) is 82.1 cm³/mol. The van der Waals surface area contributed by atoms with Crippen LogP contribution in [-0.4, -0.2) is 39.2 Å². The fourth-order valence-corrected chi connectivity index (χ4v) is 2.72. The van der Waals surface area contributed by atoms with Crippen LogP contribution in [0.1, 0.15) is 17.3 Å². The van der Waals surface area contributed by atoms with E-state index in [-0.39, 0.29) is 11.3 Å². The average molecular weight is 303 g/mol. The van der Waals surface area contributed by atoms with Gasteiger partial charge in [-0.05, 0) is 19.1 Å². The third-order valence-corrected chi connectivity index (χ3v) is 3.77. The van der Waals surface area contributed by atoms with Crippen LogP contribution in [-0.2, 0) is 4.74 Å². The fraction of sp³-hybridized carbons (Fsp3) is 0.375. The summed E-state index contributed by atoms with van der Waals surface area (Å²) in [7, 11) is 1.55. The van der Waals surface area contributed by atoms with Gasteiger partial charge >= 0.3 is 5.63 Å². The van der Waals surface area contributed by atoms with E-state index in [1.807, 2.05) is 11.0 Å². The number of hydrogen-bond donors (Lipinski definition) is 0. The SMILES string of the molecule is COc1ccc2c(N3CCOCC3)c(C(C)=O)c(=O)oc2c1. The summed E-state index contributed by atoms with van der Waals surface area (Å²) in [5.41, 5.74) is 0.523. The first-order valence-electron chi connectivity index (χ1n) is 7.10. The van der Waals surface area contributed by atoms with Crippen LogP contribution in [0.15, 0.2) is 27.4 Å². The third-order valence-electron chi connectivity index (χ3n) is 3.77. The summed E-state index contributed by atoms with van der Waals surface area (Å²) >= 11 is 0. The zero-order chi connectivity index (χ0) is 15.7. The second-order valence-electron chi connectivity index (χ2n) is 5.13. The molecule has 1 aromatic carbocycles. The molecule has 0 radical (unpaired) electrons. The molecule has 0 N–H and O–H groups in total. The summed E-state index contributed by atoms with van der Waals surface area (Å²) in [6, 6.07) is 5.26. The van der Waals surface area contributed by atoms with Crippen molar-refractivity contribution in [3.63, 3.8) is 0 Å². The fourth-order valence-electron chi connectivity index (χ4n) is 2.72. The molecule has 0 unspecified atom stereocenters. The molecule has 1 fully saturated rings. The van der Waals surface area contributed by atoms with E-state index >= 15 is 0 Å². The number of benzene rings is 1. The van der Waals surface area contributed by atoms with Crippen LogP contribution in [0.3, 0.4) is 0 Å². The molecule has 2 heterocycles. The van der Waals surface area contributed by atoms with E-state index < -0.39 is 5.63 Å². The number of hydrogen-bond acceptors (Lipinski definition) is 6. The van der Waals surface area contributed by atoms with Crippen molar-refractivity contribution in [2.45, 2.75) is 6.92 Å². The number of ketones is 1. The molecule has 6 heteroatoms. The van der Waals surface area contributed by atoms with E-state index in [1.54, 1.807) is 19.2 Å². The van der Waals surface area contributed by atoms with Crippen molar-refractivity contribution in [2.75, 3.05) is 38.3 Å². The first kappa shape index (κ1) is 14.6.